The van der Waals surface area contributed by atoms with E-state index in [2.05, 4.69) is 42.2 Å². The number of halogens is 2. The number of urea groups is 2. The summed E-state index contributed by atoms with van der Waals surface area (Å²) in [6, 6.07) is 15.1. The molecule has 5 amide bonds. The summed E-state index contributed by atoms with van der Waals surface area (Å²) in [5, 5.41) is 13.2. The Labute approximate surface area is 273 Å². The second-order valence-electron chi connectivity index (χ2n) is 11.3. The van der Waals surface area contributed by atoms with Crippen molar-refractivity contribution >= 4 is 55.5 Å². The van der Waals surface area contributed by atoms with E-state index in [0.29, 0.717) is 53.9 Å². The monoisotopic (exact) mass is 726 g/mol. The van der Waals surface area contributed by atoms with Gasteiger partial charge in [0.1, 0.15) is 11.8 Å². The van der Waals surface area contributed by atoms with Crippen LogP contribution in [0.3, 0.4) is 0 Å². The molecule has 10 nitrogen and oxygen atoms in total. The molecular weight excluding hydrogens is 692 g/mol. The molecule has 12 heteroatoms. The van der Waals surface area contributed by atoms with Gasteiger partial charge in [-0.15, -0.1) is 0 Å². The van der Waals surface area contributed by atoms with E-state index in [4.69, 9.17) is 5.73 Å². The Morgan fingerprint density at radius 2 is 1.52 bits per heavy atom. The molecule has 0 aliphatic carbocycles. The molecule has 2 saturated heterocycles. The van der Waals surface area contributed by atoms with Gasteiger partial charge in [-0.25, -0.2) is 9.59 Å². The van der Waals surface area contributed by atoms with Crippen molar-refractivity contribution in [3.8, 4) is 5.75 Å². The number of primary amides is 1. The molecule has 0 unspecified atom stereocenters. The molecule has 5 rings (SSSR count). The van der Waals surface area contributed by atoms with Crippen molar-refractivity contribution in [2.45, 2.75) is 50.1 Å². The molecule has 2 aliphatic heterocycles. The van der Waals surface area contributed by atoms with Gasteiger partial charge in [0, 0.05) is 56.7 Å². The number of nitrogens with two attached hydrogens (primary N) is 1. The molecular formula is C32H36Br2N6O4. The average Bonchev–Trinajstić information content (AvgIpc) is 3.04. The maximum atomic E-state index is 13.9. The van der Waals surface area contributed by atoms with E-state index in [1.807, 2.05) is 47.4 Å². The average molecular weight is 728 g/mol. The molecule has 3 heterocycles. The van der Waals surface area contributed by atoms with Crippen LogP contribution in [0.1, 0.15) is 42.7 Å². The van der Waals surface area contributed by atoms with Gasteiger partial charge in [0.25, 0.3) is 0 Å². The molecule has 0 saturated carbocycles. The second kappa shape index (κ2) is 14.4. The lowest BCUT2D eigenvalue weighted by molar-refractivity contribution is -0.134. The number of piperidine rings is 2. The number of nitrogens with zero attached hydrogens (tertiary/aromatic N) is 4. The fraction of sp³-hybridized carbons (Fsp3) is 0.375. The normalized spacial score (nSPS) is 16.8. The molecule has 0 spiro atoms. The molecule has 1 atom stereocenters. The van der Waals surface area contributed by atoms with Crippen LogP contribution in [0.25, 0.3) is 0 Å². The number of carbonyl (C=O) groups is 3. The lowest BCUT2D eigenvalue weighted by atomic mass is 9.89. The summed E-state index contributed by atoms with van der Waals surface area (Å²) in [5.74, 6) is 0.296. The molecule has 44 heavy (non-hydrogen) atoms. The fourth-order valence-corrected chi connectivity index (χ4v) is 7.42. The number of hydrogen-bond acceptors (Lipinski definition) is 5. The summed E-state index contributed by atoms with van der Waals surface area (Å²) in [6.45, 7) is 2.02. The van der Waals surface area contributed by atoms with Crippen molar-refractivity contribution in [1.82, 2.24) is 20.1 Å². The zero-order valence-corrected chi connectivity index (χ0v) is 27.4. The number of rotatable bonds is 7. The summed E-state index contributed by atoms with van der Waals surface area (Å²) < 4.78 is 0.995. The van der Waals surface area contributed by atoms with E-state index in [1.54, 1.807) is 34.3 Å². The highest BCUT2D eigenvalue weighted by Crippen LogP contribution is 2.34. The predicted molar refractivity (Wildman–Crippen MR) is 175 cm³/mol. The minimum atomic E-state index is -0.799. The molecule has 2 aromatic carbocycles. The summed E-state index contributed by atoms with van der Waals surface area (Å²) >= 11 is 6.75. The summed E-state index contributed by atoms with van der Waals surface area (Å²) in [6.07, 6.45) is 6.63. The third-order valence-corrected chi connectivity index (χ3v) is 9.69. The third-order valence-electron chi connectivity index (χ3n) is 8.49. The van der Waals surface area contributed by atoms with Gasteiger partial charge in [0.15, 0.2) is 0 Å². The van der Waals surface area contributed by atoms with Crippen LogP contribution < -0.4 is 16.0 Å². The van der Waals surface area contributed by atoms with E-state index >= 15 is 0 Å². The highest BCUT2D eigenvalue weighted by Gasteiger charge is 2.34. The minimum Gasteiger partial charge on any atom is -0.506 e. The number of pyridine rings is 1. The standard InChI is InChI=1S/C32H36Br2N6O4/c33-26-18-21(19-27(34)29(26)41)20-28(30(42)38-14-8-23(9-15-38)22-6-12-36-13-7-22)37-32(44)39-16-10-25(11-17-39)40(31(35)43)24-4-2-1-3-5-24/h1-7,12-13,18-19,23,25,28,41H,8-11,14-17,20H2,(H2,35,43)(H,37,44)/t28-/m1/s1. The molecule has 4 N–H and O–H groups in total. The Morgan fingerprint density at radius 1 is 0.932 bits per heavy atom. The topological polar surface area (TPSA) is 132 Å². The van der Waals surface area contributed by atoms with Gasteiger partial charge < -0.3 is 26.0 Å². The Morgan fingerprint density at radius 3 is 2.11 bits per heavy atom. The number of phenols is 1. The minimum absolute atomic E-state index is 0.0715. The number of carbonyl (C=O) groups excluding carboxylic acids is 3. The molecule has 1 aromatic heterocycles. The highest BCUT2D eigenvalue weighted by molar-refractivity contribution is 9.11. The first-order valence-electron chi connectivity index (χ1n) is 14.8. The van der Waals surface area contributed by atoms with Crippen molar-refractivity contribution in [2.24, 2.45) is 5.73 Å². The van der Waals surface area contributed by atoms with Crippen molar-refractivity contribution in [1.29, 1.82) is 0 Å². The lowest BCUT2D eigenvalue weighted by Gasteiger charge is -2.39. The van der Waals surface area contributed by atoms with Crippen LogP contribution in [0.2, 0.25) is 0 Å². The maximum Gasteiger partial charge on any atom is 0.319 e. The molecule has 3 aromatic rings. The van der Waals surface area contributed by atoms with Crippen molar-refractivity contribution in [2.75, 3.05) is 31.1 Å². The summed E-state index contributed by atoms with van der Waals surface area (Å²) in [7, 11) is 0. The van der Waals surface area contributed by atoms with Crippen molar-refractivity contribution < 1.29 is 19.5 Å². The Bertz CT molecular complexity index is 1440. The maximum absolute atomic E-state index is 13.9. The number of amides is 5. The van der Waals surface area contributed by atoms with Gasteiger partial charge >= 0.3 is 12.1 Å². The van der Waals surface area contributed by atoms with Gasteiger partial charge in [-0.2, -0.15) is 0 Å². The zero-order chi connectivity index (χ0) is 31.2. The number of para-hydroxylation sites is 1. The highest BCUT2D eigenvalue weighted by atomic mass is 79.9. The van der Waals surface area contributed by atoms with Gasteiger partial charge in [-0.05, 0) is 111 Å². The molecule has 0 bridgehead atoms. The van der Waals surface area contributed by atoms with Gasteiger partial charge in [-0.1, -0.05) is 18.2 Å². The number of hydrogen-bond donors (Lipinski definition) is 3. The zero-order valence-electron chi connectivity index (χ0n) is 24.2. The van der Waals surface area contributed by atoms with Crippen LogP contribution in [0.15, 0.2) is 75.9 Å². The summed E-state index contributed by atoms with van der Waals surface area (Å²) in [4.78, 5) is 49.0. The van der Waals surface area contributed by atoms with Crippen LogP contribution in [0, 0.1) is 0 Å². The van der Waals surface area contributed by atoms with E-state index < -0.39 is 12.1 Å². The van der Waals surface area contributed by atoms with Crippen molar-refractivity contribution in [3.05, 3.63) is 87.1 Å². The number of phenolic OH excluding ortho intramolecular Hbond substituents is 1. The first-order chi connectivity index (χ1) is 21.2. The molecule has 2 fully saturated rings. The first-order valence-corrected chi connectivity index (χ1v) is 16.3. The Kier molecular flexibility index (Phi) is 10.4. The van der Waals surface area contributed by atoms with Crippen LogP contribution in [-0.2, 0) is 11.2 Å². The van der Waals surface area contributed by atoms with E-state index in [9.17, 15) is 19.5 Å². The smallest absolute Gasteiger partial charge is 0.319 e. The largest absolute Gasteiger partial charge is 0.506 e. The molecule has 2 aliphatic rings. The number of aromatic nitrogens is 1. The first kappa shape index (κ1) is 31.8. The lowest BCUT2D eigenvalue weighted by Crippen LogP contribution is -2.57. The number of likely N-dealkylation sites (tertiary alicyclic amines) is 2. The molecule has 232 valence electrons. The Hall–Kier alpha value is -3.64. The van der Waals surface area contributed by atoms with Crippen molar-refractivity contribution in [3.63, 3.8) is 0 Å². The van der Waals surface area contributed by atoms with Crippen LogP contribution >= 0.6 is 31.9 Å². The quantitative estimate of drug-likeness (QED) is 0.301. The number of nitrogens with one attached hydrogen (secondary N) is 1. The molecule has 0 radical (unpaired) electrons. The van der Waals surface area contributed by atoms with Gasteiger partial charge in [-0.3, -0.25) is 14.7 Å². The number of anilines is 1. The predicted octanol–water partition coefficient (Wildman–Crippen LogP) is 5.39. The van der Waals surface area contributed by atoms with E-state index in [-0.39, 0.29) is 30.2 Å². The second-order valence-corrected chi connectivity index (χ2v) is 13.0. The number of aromatic hydroxyl groups is 1. The van der Waals surface area contributed by atoms with Crippen LogP contribution in [0.5, 0.6) is 5.75 Å². The third kappa shape index (κ3) is 7.52. The summed E-state index contributed by atoms with van der Waals surface area (Å²) in [5.41, 5.74) is 8.47. The Balaban J connectivity index is 1.26. The number of benzene rings is 2. The SMILES string of the molecule is NC(=O)N(c1ccccc1)C1CCN(C(=O)N[C@H](Cc2cc(Br)c(O)c(Br)c2)C(=O)N2CCC(c3ccncc3)CC2)CC1. The van der Waals surface area contributed by atoms with Crippen LogP contribution in [-0.4, -0.2) is 76.1 Å². The fourth-order valence-electron chi connectivity index (χ4n) is 6.13. The van der Waals surface area contributed by atoms with Gasteiger partial charge in [0.2, 0.25) is 5.91 Å². The van der Waals surface area contributed by atoms with E-state index in [0.717, 1.165) is 24.1 Å². The van der Waals surface area contributed by atoms with Crippen LogP contribution in [0.4, 0.5) is 15.3 Å². The van der Waals surface area contributed by atoms with Gasteiger partial charge in [0.05, 0.1) is 8.95 Å². The van der Waals surface area contributed by atoms with E-state index in [1.165, 1.54) is 5.56 Å².